The average molecular weight is 302 g/mol. The molecular formula is C18H30N4. The highest BCUT2D eigenvalue weighted by Gasteiger charge is 2.39. The molecule has 0 aromatic carbocycles. The van der Waals surface area contributed by atoms with Crippen LogP contribution in [0, 0.1) is 22.7 Å². The number of nitrogens with zero attached hydrogens (tertiary/aromatic N) is 4. The van der Waals surface area contributed by atoms with Gasteiger partial charge in [-0.25, -0.2) is 0 Å². The smallest absolute Gasteiger partial charge is 0.109 e. The summed E-state index contributed by atoms with van der Waals surface area (Å²) in [4.78, 5) is 4.49. The van der Waals surface area contributed by atoms with E-state index in [1.54, 1.807) is 0 Å². The minimum absolute atomic E-state index is 0.272. The number of hydrogen-bond acceptors (Lipinski definition) is 4. The SMILES string of the molecule is CN(CCN(C)C1(C#N)CCCCC1)C1(C#N)CCCCC1. The molecule has 0 N–H and O–H groups in total. The first-order valence-corrected chi connectivity index (χ1v) is 8.84. The van der Waals surface area contributed by atoms with E-state index in [0.29, 0.717) is 0 Å². The zero-order valence-electron chi connectivity index (χ0n) is 14.3. The van der Waals surface area contributed by atoms with Gasteiger partial charge in [-0.3, -0.25) is 9.80 Å². The Morgan fingerprint density at radius 1 is 0.682 bits per heavy atom. The molecule has 0 aromatic rings. The third-order valence-electron chi connectivity index (χ3n) is 6.01. The molecule has 0 radical (unpaired) electrons. The molecule has 0 heterocycles. The molecule has 122 valence electrons. The molecular weight excluding hydrogens is 272 g/mol. The first-order chi connectivity index (χ1) is 10.6. The topological polar surface area (TPSA) is 54.1 Å². The van der Waals surface area contributed by atoms with Crippen LogP contribution in [0.1, 0.15) is 64.2 Å². The maximum absolute atomic E-state index is 9.67. The fourth-order valence-electron chi connectivity index (χ4n) is 4.16. The predicted molar refractivity (Wildman–Crippen MR) is 88.1 cm³/mol. The molecule has 22 heavy (non-hydrogen) atoms. The van der Waals surface area contributed by atoms with Crippen molar-refractivity contribution in [2.24, 2.45) is 0 Å². The highest BCUT2D eigenvalue weighted by molar-refractivity contribution is 5.11. The van der Waals surface area contributed by atoms with Gasteiger partial charge in [0.05, 0.1) is 12.1 Å². The van der Waals surface area contributed by atoms with Crippen molar-refractivity contribution < 1.29 is 0 Å². The average Bonchev–Trinajstić information content (AvgIpc) is 2.60. The summed E-state index contributed by atoms with van der Waals surface area (Å²) in [6, 6.07) is 5.17. The minimum atomic E-state index is -0.272. The Hall–Kier alpha value is -1.10. The van der Waals surface area contributed by atoms with E-state index in [4.69, 9.17) is 0 Å². The summed E-state index contributed by atoms with van der Waals surface area (Å²) >= 11 is 0. The maximum atomic E-state index is 9.67. The van der Waals surface area contributed by atoms with Gasteiger partial charge in [-0.2, -0.15) is 10.5 Å². The molecule has 0 aliphatic heterocycles. The fourth-order valence-corrected chi connectivity index (χ4v) is 4.16. The lowest BCUT2D eigenvalue weighted by molar-refractivity contribution is 0.0791. The van der Waals surface area contributed by atoms with Crippen molar-refractivity contribution in [2.75, 3.05) is 27.2 Å². The van der Waals surface area contributed by atoms with E-state index in [-0.39, 0.29) is 11.1 Å². The Kier molecular flexibility index (Phi) is 5.84. The summed E-state index contributed by atoms with van der Waals surface area (Å²) in [5.41, 5.74) is -0.545. The Labute approximate surface area is 135 Å². The van der Waals surface area contributed by atoms with Gasteiger partial charge in [-0.1, -0.05) is 38.5 Å². The van der Waals surface area contributed by atoms with E-state index in [0.717, 1.165) is 64.5 Å². The van der Waals surface area contributed by atoms with E-state index >= 15 is 0 Å². The lowest BCUT2D eigenvalue weighted by Crippen LogP contribution is -2.53. The van der Waals surface area contributed by atoms with Crippen molar-refractivity contribution in [3.05, 3.63) is 0 Å². The van der Waals surface area contributed by atoms with Gasteiger partial charge < -0.3 is 0 Å². The van der Waals surface area contributed by atoms with Gasteiger partial charge in [0.1, 0.15) is 11.1 Å². The lowest BCUT2D eigenvalue weighted by Gasteiger charge is -2.43. The minimum Gasteiger partial charge on any atom is -0.287 e. The summed E-state index contributed by atoms with van der Waals surface area (Å²) in [6.45, 7) is 1.74. The first kappa shape index (κ1) is 17.3. The van der Waals surface area contributed by atoms with Crippen LogP contribution in [0.3, 0.4) is 0 Å². The highest BCUT2D eigenvalue weighted by Crippen LogP contribution is 2.34. The van der Waals surface area contributed by atoms with Gasteiger partial charge >= 0.3 is 0 Å². The van der Waals surface area contributed by atoms with Gasteiger partial charge in [0.2, 0.25) is 0 Å². The van der Waals surface area contributed by atoms with Crippen molar-refractivity contribution >= 4 is 0 Å². The van der Waals surface area contributed by atoms with Crippen LogP contribution in [0.2, 0.25) is 0 Å². The zero-order chi connectivity index (χ0) is 16.1. The van der Waals surface area contributed by atoms with Crippen molar-refractivity contribution in [1.82, 2.24) is 9.80 Å². The van der Waals surface area contributed by atoms with Crippen LogP contribution in [0.15, 0.2) is 0 Å². The molecule has 0 saturated heterocycles. The summed E-state index contributed by atoms with van der Waals surface area (Å²) in [7, 11) is 4.17. The highest BCUT2D eigenvalue weighted by atomic mass is 15.2. The molecule has 0 amide bonds. The van der Waals surface area contributed by atoms with E-state index in [2.05, 4.69) is 36.0 Å². The Bertz CT molecular complexity index is 391. The maximum Gasteiger partial charge on any atom is 0.109 e. The number of likely N-dealkylation sites (N-methyl/N-ethyl adjacent to an activating group) is 2. The number of hydrogen-bond donors (Lipinski definition) is 0. The summed E-state index contributed by atoms with van der Waals surface area (Å²) in [6.07, 6.45) is 11.1. The number of rotatable bonds is 5. The molecule has 4 nitrogen and oxygen atoms in total. The van der Waals surface area contributed by atoms with E-state index in [9.17, 15) is 10.5 Å². The fraction of sp³-hybridized carbons (Fsp3) is 0.889. The van der Waals surface area contributed by atoms with Crippen LogP contribution < -0.4 is 0 Å². The summed E-state index contributed by atoms with van der Waals surface area (Å²) < 4.78 is 0. The molecule has 2 rings (SSSR count). The van der Waals surface area contributed by atoms with Crippen LogP contribution in [0.4, 0.5) is 0 Å². The predicted octanol–water partition coefficient (Wildman–Crippen LogP) is 3.30. The van der Waals surface area contributed by atoms with Crippen molar-refractivity contribution in [1.29, 1.82) is 10.5 Å². The van der Waals surface area contributed by atoms with Crippen LogP contribution in [-0.4, -0.2) is 48.1 Å². The second kappa shape index (κ2) is 7.44. The van der Waals surface area contributed by atoms with Gasteiger partial charge in [-0.05, 0) is 39.8 Å². The van der Waals surface area contributed by atoms with Crippen LogP contribution in [0.5, 0.6) is 0 Å². The number of nitriles is 2. The van der Waals surface area contributed by atoms with Crippen LogP contribution >= 0.6 is 0 Å². The molecule has 0 bridgehead atoms. The Morgan fingerprint density at radius 2 is 1.00 bits per heavy atom. The molecule has 2 aliphatic carbocycles. The quantitative estimate of drug-likeness (QED) is 0.782. The second-order valence-electron chi connectivity index (χ2n) is 7.25. The van der Waals surface area contributed by atoms with Crippen molar-refractivity contribution in [2.45, 2.75) is 75.3 Å². The van der Waals surface area contributed by atoms with Gasteiger partial charge in [-0.15, -0.1) is 0 Å². The molecule has 0 atom stereocenters. The molecule has 0 spiro atoms. The van der Waals surface area contributed by atoms with Gasteiger partial charge in [0.15, 0.2) is 0 Å². The largest absolute Gasteiger partial charge is 0.287 e. The molecule has 2 saturated carbocycles. The monoisotopic (exact) mass is 302 g/mol. The summed E-state index contributed by atoms with van der Waals surface area (Å²) in [5.74, 6) is 0. The first-order valence-electron chi connectivity index (χ1n) is 8.84. The zero-order valence-corrected chi connectivity index (χ0v) is 14.3. The van der Waals surface area contributed by atoms with E-state index in [1.807, 2.05) is 0 Å². The molecule has 4 heteroatoms. The Morgan fingerprint density at radius 3 is 1.27 bits per heavy atom. The lowest BCUT2D eigenvalue weighted by atomic mass is 9.81. The Balaban J connectivity index is 1.93. The van der Waals surface area contributed by atoms with Crippen molar-refractivity contribution in [3.63, 3.8) is 0 Å². The molecule has 0 unspecified atom stereocenters. The van der Waals surface area contributed by atoms with Crippen LogP contribution in [-0.2, 0) is 0 Å². The van der Waals surface area contributed by atoms with Gasteiger partial charge in [0.25, 0.3) is 0 Å². The molecule has 2 fully saturated rings. The molecule has 0 aromatic heterocycles. The third kappa shape index (κ3) is 3.45. The third-order valence-corrected chi connectivity index (χ3v) is 6.01. The van der Waals surface area contributed by atoms with Crippen molar-refractivity contribution in [3.8, 4) is 12.1 Å². The molecule has 2 aliphatic rings. The van der Waals surface area contributed by atoms with Gasteiger partial charge in [0, 0.05) is 13.1 Å². The van der Waals surface area contributed by atoms with E-state index in [1.165, 1.54) is 12.8 Å². The second-order valence-corrected chi connectivity index (χ2v) is 7.25. The normalized spacial score (nSPS) is 23.9. The van der Waals surface area contributed by atoms with E-state index < -0.39 is 0 Å². The van der Waals surface area contributed by atoms with Crippen LogP contribution in [0.25, 0.3) is 0 Å². The standard InChI is InChI=1S/C18H30N4/c1-21(17(15-19)9-5-3-6-10-17)13-14-22(2)18(16-20)11-7-4-8-12-18/h3-14H2,1-2H3. The summed E-state index contributed by atoms with van der Waals surface area (Å²) in [5, 5.41) is 19.3.